The third-order valence-electron chi connectivity index (χ3n) is 4.06. The predicted molar refractivity (Wildman–Crippen MR) is 109 cm³/mol. The van der Waals surface area contributed by atoms with E-state index < -0.39 is 43.0 Å². The van der Waals surface area contributed by atoms with Crippen LogP contribution in [0.15, 0.2) is 54.6 Å². The number of ether oxygens (including phenoxy) is 1. The lowest BCUT2D eigenvalue weighted by Crippen LogP contribution is -2.50. The van der Waals surface area contributed by atoms with Crippen molar-refractivity contribution >= 4 is 23.9 Å². The largest absolute Gasteiger partial charge is 0.508 e. The van der Waals surface area contributed by atoms with Crippen molar-refractivity contribution in [2.24, 2.45) is 0 Å². The quantitative estimate of drug-likeness (QED) is 0.369. The molecule has 3 amide bonds. The van der Waals surface area contributed by atoms with Crippen LogP contribution in [0.5, 0.6) is 5.75 Å². The molecule has 0 unspecified atom stereocenters. The highest BCUT2D eigenvalue weighted by atomic mass is 16.5. The lowest BCUT2D eigenvalue weighted by molar-refractivity contribution is -0.137. The van der Waals surface area contributed by atoms with Crippen LogP contribution in [0.1, 0.15) is 11.1 Å². The molecule has 0 aliphatic rings. The van der Waals surface area contributed by atoms with Crippen LogP contribution < -0.4 is 16.0 Å². The van der Waals surface area contributed by atoms with E-state index in [2.05, 4.69) is 16.0 Å². The molecule has 0 aliphatic carbocycles. The minimum absolute atomic E-state index is 0.0117. The Bertz CT molecular complexity index is 901. The van der Waals surface area contributed by atoms with Crippen molar-refractivity contribution in [2.45, 2.75) is 19.1 Å². The third kappa shape index (κ3) is 8.86. The highest BCUT2D eigenvalue weighted by molar-refractivity contribution is 5.90. The molecule has 0 fully saturated rings. The van der Waals surface area contributed by atoms with E-state index >= 15 is 0 Å². The summed E-state index contributed by atoms with van der Waals surface area (Å²) in [6, 6.07) is 14.0. The number of phenols is 1. The lowest BCUT2D eigenvalue weighted by atomic mass is 10.1. The van der Waals surface area contributed by atoms with E-state index in [-0.39, 0.29) is 18.8 Å². The standard InChI is InChI=1S/C21H23N3O7/c25-16-8-6-14(7-9-16)10-17(20(29)23-11-18(26)22-12-19(27)28)24-21(30)31-13-15-4-2-1-3-5-15/h1-9,17,25H,10-13H2,(H,22,26)(H,23,29)(H,24,30)(H,27,28)/t17-/m0/s1. The smallest absolute Gasteiger partial charge is 0.408 e. The minimum atomic E-state index is -1.22. The molecule has 0 saturated heterocycles. The van der Waals surface area contributed by atoms with E-state index in [4.69, 9.17) is 9.84 Å². The van der Waals surface area contributed by atoms with Crippen molar-refractivity contribution in [2.75, 3.05) is 13.1 Å². The number of rotatable bonds is 10. The summed E-state index contributed by atoms with van der Waals surface area (Å²) in [7, 11) is 0. The highest BCUT2D eigenvalue weighted by Crippen LogP contribution is 2.12. The van der Waals surface area contributed by atoms with Gasteiger partial charge in [0, 0.05) is 6.42 Å². The zero-order chi connectivity index (χ0) is 22.6. The topological polar surface area (TPSA) is 154 Å². The van der Waals surface area contributed by atoms with Gasteiger partial charge in [0.25, 0.3) is 0 Å². The molecule has 0 radical (unpaired) electrons. The van der Waals surface area contributed by atoms with Gasteiger partial charge in [0.15, 0.2) is 0 Å². The number of amides is 3. The van der Waals surface area contributed by atoms with Crippen LogP contribution in [0.4, 0.5) is 4.79 Å². The molecule has 0 bridgehead atoms. The van der Waals surface area contributed by atoms with Crippen LogP contribution in [0.2, 0.25) is 0 Å². The average molecular weight is 429 g/mol. The van der Waals surface area contributed by atoms with Gasteiger partial charge in [-0.1, -0.05) is 42.5 Å². The van der Waals surface area contributed by atoms with Crippen molar-refractivity contribution in [3.63, 3.8) is 0 Å². The molecule has 31 heavy (non-hydrogen) atoms. The monoisotopic (exact) mass is 429 g/mol. The Kier molecular flexibility index (Phi) is 8.84. The number of benzene rings is 2. The molecule has 5 N–H and O–H groups in total. The predicted octanol–water partition coefficient (Wildman–Crippen LogP) is 0.547. The number of carboxylic acids is 1. The van der Waals surface area contributed by atoms with Gasteiger partial charge in [-0.3, -0.25) is 14.4 Å². The third-order valence-corrected chi connectivity index (χ3v) is 4.06. The maximum atomic E-state index is 12.5. The number of carbonyl (C=O) groups excluding carboxylic acids is 3. The number of phenolic OH excluding ortho intramolecular Hbond substituents is 1. The second kappa shape index (κ2) is 11.8. The van der Waals surface area contributed by atoms with E-state index in [0.29, 0.717) is 5.56 Å². The normalized spacial score (nSPS) is 11.1. The second-order valence-electron chi connectivity index (χ2n) is 6.52. The molecule has 0 aliphatic heterocycles. The Morgan fingerprint density at radius 1 is 0.871 bits per heavy atom. The summed E-state index contributed by atoms with van der Waals surface area (Å²) in [6.45, 7) is -1.02. The first-order valence-electron chi connectivity index (χ1n) is 9.35. The summed E-state index contributed by atoms with van der Waals surface area (Å²) >= 11 is 0. The molecule has 164 valence electrons. The van der Waals surface area contributed by atoms with Crippen LogP contribution in [-0.2, 0) is 32.1 Å². The van der Waals surface area contributed by atoms with E-state index in [1.54, 1.807) is 36.4 Å². The number of carboxylic acid groups (broad SMARTS) is 1. The first-order chi connectivity index (χ1) is 14.8. The van der Waals surface area contributed by atoms with Crippen molar-refractivity contribution < 1.29 is 34.1 Å². The molecule has 0 spiro atoms. The molecular weight excluding hydrogens is 406 g/mol. The van der Waals surface area contributed by atoms with Crippen LogP contribution in [0.25, 0.3) is 0 Å². The molecule has 2 aromatic carbocycles. The highest BCUT2D eigenvalue weighted by Gasteiger charge is 2.22. The fourth-order valence-corrected chi connectivity index (χ4v) is 2.51. The lowest BCUT2D eigenvalue weighted by Gasteiger charge is -2.18. The van der Waals surface area contributed by atoms with Gasteiger partial charge in [-0.15, -0.1) is 0 Å². The van der Waals surface area contributed by atoms with Crippen LogP contribution in [0, 0.1) is 0 Å². The van der Waals surface area contributed by atoms with Crippen molar-refractivity contribution in [1.82, 2.24) is 16.0 Å². The zero-order valence-electron chi connectivity index (χ0n) is 16.5. The van der Waals surface area contributed by atoms with Gasteiger partial charge < -0.3 is 30.9 Å². The Labute approximate surface area is 178 Å². The Hall–Kier alpha value is -4.08. The molecule has 0 aromatic heterocycles. The Morgan fingerprint density at radius 3 is 2.19 bits per heavy atom. The summed E-state index contributed by atoms with van der Waals surface area (Å²) < 4.78 is 5.14. The molecule has 0 heterocycles. The number of alkyl carbamates (subject to hydrolysis) is 1. The fraction of sp³-hybridized carbons (Fsp3) is 0.238. The average Bonchev–Trinajstić information content (AvgIpc) is 2.76. The number of aliphatic carboxylic acids is 1. The summed E-state index contributed by atoms with van der Waals surface area (Å²) in [5, 5.41) is 24.9. The minimum Gasteiger partial charge on any atom is -0.508 e. The first-order valence-corrected chi connectivity index (χ1v) is 9.35. The second-order valence-corrected chi connectivity index (χ2v) is 6.52. The van der Waals surface area contributed by atoms with Gasteiger partial charge in [0.1, 0.15) is 24.9 Å². The van der Waals surface area contributed by atoms with Crippen molar-refractivity contribution in [1.29, 1.82) is 0 Å². The fourth-order valence-electron chi connectivity index (χ4n) is 2.51. The van der Waals surface area contributed by atoms with Crippen molar-refractivity contribution in [3.05, 3.63) is 65.7 Å². The molecule has 1 atom stereocenters. The molecule has 10 heteroatoms. The number of hydrogen-bond acceptors (Lipinski definition) is 6. The number of aromatic hydroxyl groups is 1. The van der Waals surface area contributed by atoms with Gasteiger partial charge in [0.05, 0.1) is 6.54 Å². The zero-order valence-corrected chi connectivity index (χ0v) is 16.5. The number of hydrogen-bond donors (Lipinski definition) is 5. The van der Waals surface area contributed by atoms with Crippen LogP contribution in [0.3, 0.4) is 0 Å². The van der Waals surface area contributed by atoms with E-state index in [9.17, 15) is 24.3 Å². The number of carbonyl (C=O) groups is 4. The maximum absolute atomic E-state index is 12.5. The van der Waals surface area contributed by atoms with Crippen LogP contribution in [-0.4, -0.2) is 53.2 Å². The van der Waals surface area contributed by atoms with E-state index in [0.717, 1.165) is 5.56 Å². The summed E-state index contributed by atoms with van der Waals surface area (Å²) in [4.78, 5) is 46.8. The van der Waals surface area contributed by atoms with E-state index in [1.807, 2.05) is 6.07 Å². The maximum Gasteiger partial charge on any atom is 0.408 e. The molecule has 0 saturated carbocycles. The number of nitrogens with one attached hydrogen (secondary N) is 3. The van der Waals surface area contributed by atoms with E-state index in [1.165, 1.54) is 12.1 Å². The van der Waals surface area contributed by atoms with Crippen molar-refractivity contribution in [3.8, 4) is 5.75 Å². The van der Waals surface area contributed by atoms with Gasteiger partial charge in [-0.2, -0.15) is 0 Å². The summed E-state index contributed by atoms with van der Waals surface area (Å²) in [5.74, 6) is -2.51. The molecule has 2 aromatic rings. The van der Waals surface area contributed by atoms with Gasteiger partial charge >= 0.3 is 12.1 Å². The first kappa shape index (κ1) is 23.2. The van der Waals surface area contributed by atoms with Crippen LogP contribution >= 0.6 is 0 Å². The van der Waals surface area contributed by atoms with Gasteiger partial charge in [-0.25, -0.2) is 4.79 Å². The molecule has 2 rings (SSSR count). The summed E-state index contributed by atoms with van der Waals surface area (Å²) in [5.41, 5.74) is 1.42. The Morgan fingerprint density at radius 2 is 1.55 bits per heavy atom. The van der Waals surface area contributed by atoms with Gasteiger partial charge in [-0.05, 0) is 23.3 Å². The molecular formula is C21H23N3O7. The molecule has 10 nitrogen and oxygen atoms in total. The van der Waals surface area contributed by atoms with Gasteiger partial charge in [0.2, 0.25) is 11.8 Å². The SMILES string of the molecule is O=C(O)CNC(=O)CNC(=O)[C@H](Cc1ccc(O)cc1)NC(=O)OCc1ccccc1. The Balaban J connectivity index is 1.96. The summed E-state index contributed by atoms with van der Waals surface area (Å²) in [6.07, 6.45) is -0.748.